The molecule has 33 heavy (non-hydrogen) atoms. The maximum atomic E-state index is 13.1. The molecule has 6 nitrogen and oxygen atoms in total. The normalized spacial score (nSPS) is 13.9. The lowest BCUT2D eigenvalue weighted by molar-refractivity contribution is 0.0785. The Labute approximate surface area is 194 Å². The lowest BCUT2D eigenvalue weighted by atomic mass is 10.1. The largest absolute Gasteiger partial charge is 0.371 e. The predicted octanol–water partition coefficient (Wildman–Crippen LogP) is 4.74. The molecule has 0 N–H and O–H groups in total. The van der Waals surface area contributed by atoms with Crippen LogP contribution in [-0.4, -0.2) is 45.9 Å². The molecule has 0 saturated carbocycles. The van der Waals surface area contributed by atoms with Crippen molar-refractivity contribution < 1.29 is 4.79 Å². The highest BCUT2D eigenvalue weighted by Gasteiger charge is 2.18. The highest BCUT2D eigenvalue weighted by atomic mass is 16.2. The van der Waals surface area contributed by atoms with Crippen molar-refractivity contribution in [3.63, 3.8) is 0 Å². The number of benzene rings is 3. The molecule has 3 aromatic carbocycles. The lowest BCUT2D eigenvalue weighted by Gasteiger charge is -2.31. The van der Waals surface area contributed by atoms with Crippen LogP contribution in [-0.2, 0) is 13.1 Å². The van der Waals surface area contributed by atoms with Gasteiger partial charge in [-0.25, -0.2) is 4.68 Å². The van der Waals surface area contributed by atoms with Gasteiger partial charge in [0.15, 0.2) is 0 Å². The second kappa shape index (κ2) is 9.45. The Kier molecular flexibility index (Phi) is 6.07. The fraction of sp³-hybridized carbons (Fsp3) is 0.296. The van der Waals surface area contributed by atoms with E-state index < -0.39 is 0 Å². The van der Waals surface area contributed by atoms with Crippen LogP contribution >= 0.6 is 0 Å². The number of anilines is 1. The number of rotatable bonds is 6. The van der Waals surface area contributed by atoms with Gasteiger partial charge < -0.3 is 9.80 Å². The van der Waals surface area contributed by atoms with E-state index in [1.807, 2.05) is 65.2 Å². The van der Waals surface area contributed by atoms with E-state index in [-0.39, 0.29) is 5.91 Å². The van der Waals surface area contributed by atoms with Crippen molar-refractivity contribution in [2.24, 2.45) is 0 Å². The van der Waals surface area contributed by atoms with Gasteiger partial charge in [-0.05, 0) is 60.7 Å². The monoisotopic (exact) mass is 439 g/mol. The summed E-state index contributed by atoms with van der Waals surface area (Å²) >= 11 is 0. The quantitative estimate of drug-likeness (QED) is 0.435. The highest BCUT2D eigenvalue weighted by molar-refractivity contribution is 5.94. The molecule has 1 saturated heterocycles. The summed E-state index contributed by atoms with van der Waals surface area (Å²) in [7, 11) is 1.88. The Balaban J connectivity index is 1.27. The summed E-state index contributed by atoms with van der Waals surface area (Å²) in [5.41, 5.74) is 6.12. The van der Waals surface area contributed by atoms with Crippen LogP contribution in [0, 0.1) is 0 Å². The predicted molar refractivity (Wildman–Crippen MR) is 131 cm³/mol. The van der Waals surface area contributed by atoms with E-state index in [0.29, 0.717) is 18.7 Å². The third kappa shape index (κ3) is 4.60. The summed E-state index contributed by atoms with van der Waals surface area (Å²) in [6.45, 7) is 3.40. The maximum absolute atomic E-state index is 13.1. The van der Waals surface area contributed by atoms with Crippen molar-refractivity contribution in [3.05, 3.63) is 89.5 Å². The second-order valence-corrected chi connectivity index (χ2v) is 8.77. The summed E-state index contributed by atoms with van der Waals surface area (Å²) in [5.74, 6) is 0.0289. The number of piperidine rings is 1. The molecule has 4 aromatic rings. The molecule has 0 atom stereocenters. The third-order valence-corrected chi connectivity index (χ3v) is 6.40. The van der Waals surface area contributed by atoms with E-state index in [9.17, 15) is 4.79 Å². The molecule has 168 valence electrons. The third-order valence-electron chi connectivity index (χ3n) is 6.40. The minimum atomic E-state index is 0.0289. The molecular weight excluding hydrogens is 410 g/mol. The van der Waals surface area contributed by atoms with Crippen LogP contribution in [0.2, 0.25) is 0 Å². The molecule has 0 unspecified atom stereocenters. The molecular formula is C27H29N5O. The molecule has 1 aromatic heterocycles. The number of hydrogen-bond donors (Lipinski definition) is 0. The van der Waals surface area contributed by atoms with Crippen molar-refractivity contribution in [1.29, 1.82) is 0 Å². The number of aromatic nitrogens is 3. The standard InChI is InChI=1S/C27H29N5O/c1-30(20-23-9-3-5-11-25(23)31-17-7-2-8-18-31)27(33)22-15-13-21(14-16-22)19-32-26-12-6-4-10-24(26)28-29-32/h3-6,9-16H,2,7-8,17-20H2,1H3. The SMILES string of the molecule is CN(Cc1ccccc1N1CCCCC1)C(=O)c1ccc(Cn2nnc3ccccc32)cc1. The van der Waals surface area contributed by atoms with E-state index in [2.05, 4.69) is 39.5 Å². The van der Waals surface area contributed by atoms with Gasteiger partial charge in [0, 0.05) is 37.9 Å². The Hall–Kier alpha value is -3.67. The number of carbonyl (C=O) groups is 1. The summed E-state index contributed by atoms with van der Waals surface area (Å²) in [6, 6.07) is 24.2. The fourth-order valence-electron chi connectivity index (χ4n) is 4.60. The van der Waals surface area contributed by atoms with Crippen molar-refractivity contribution in [1.82, 2.24) is 19.9 Å². The fourth-order valence-corrected chi connectivity index (χ4v) is 4.60. The summed E-state index contributed by atoms with van der Waals surface area (Å²) < 4.78 is 1.88. The van der Waals surface area contributed by atoms with Gasteiger partial charge in [0.25, 0.3) is 5.91 Å². The van der Waals surface area contributed by atoms with E-state index in [1.165, 1.54) is 30.5 Å². The Morgan fingerprint density at radius 1 is 0.909 bits per heavy atom. The molecule has 1 fully saturated rings. The Bertz CT molecular complexity index is 1240. The molecule has 6 heteroatoms. The van der Waals surface area contributed by atoms with Crippen molar-refractivity contribution >= 4 is 22.6 Å². The summed E-state index contributed by atoms with van der Waals surface area (Å²) in [5, 5.41) is 8.47. The van der Waals surface area contributed by atoms with Gasteiger partial charge in [-0.2, -0.15) is 0 Å². The van der Waals surface area contributed by atoms with Crippen LogP contribution in [0.3, 0.4) is 0 Å². The molecule has 2 heterocycles. The Morgan fingerprint density at radius 2 is 1.64 bits per heavy atom. The number of fused-ring (bicyclic) bond motifs is 1. The van der Waals surface area contributed by atoms with Crippen LogP contribution in [0.25, 0.3) is 11.0 Å². The molecule has 0 radical (unpaired) electrons. The molecule has 0 aliphatic carbocycles. The lowest BCUT2D eigenvalue weighted by Crippen LogP contribution is -2.32. The second-order valence-electron chi connectivity index (χ2n) is 8.77. The zero-order valence-electron chi connectivity index (χ0n) is 19.0. The van der Waals surface area contributed by atoms with Gasteiger partial charge in [-0.15, -0.1) is 5.10 Å². The maximum Gasteiger partial charge on any atom is 0.253 e. The molecule has 1 aliphatic heterocycles. The number of carbonyl (C=O) groups excluding carboxylic acids is 1. The van der Waals surface area contributed by atoms with Gasteiger partial charge >= 0.3 is 0 Å². The van der Waals surface area contributed by atoms with Gasteiger partial charge in [0.2, 0.25) is 0 Å². The summed E-state index contributed by atoms with van der Waals surface area (Å²) in [4.78, 5) is 17.4. The van der Waals surface area contributed by atoms with E-state index >= 15 is 0 Å². The number of hydrogen-bond acceptors (Lipinski definition) is 4. The Morgan fingerprint density at radius 3 is 2.45 bits per heavy atom. The van der Waals surface area contributed by atoms with Crippen LogP contribution in [0.15, 0.2) is 72.8 Å². The van der Waals surface area contributed by atoms with E-state index in [0.717, 1.165) is 29.7 Å². The molecule has 5 rings (SSSR count). The molecule has 1 aliphatic rings. The first-order valence-corrected chi connectivity index (χ1v) is 11.6. The first-order chi connectivity index (χ1) is 16.2. The van der Waals surface area contributed by atoms with Gasteiger partial charge in [-0.3, -0.25) is 4.79 Å². The van der Waals surface area contributed by atoms with Crippen LogP contribution in [0.5, 0.6) is 0 Å². The smallest absolute Gasteiger partial charge is 0.253 e. The summed E-state index contributed by atoms with van der Waals surface area (Å²) in [6.07, 6.45) is 3.78. The van der Waals surface area contributed by atoms with Gasteiger partial charge in [-0.1, -0.05) is 47.7 Å². The number of para-hydroxylation sites is 2. The van der Waals surface area contributed by atoms with Crippen LogP contribution in [0.1, 0.15) is 40.7 Å². The van der Waals surface area contributed by atoms with Crippen molar-refractivity contribution in [2.45, 2.75) is 32.4 Å². The van der Waals surface area contributed by atoms with Crippen molar-refractivity contribution in [2.75, 3.05) is 25.0 Å². The van der Waals surface area contributed by atoms with Crippen LogP contribution in [0.4, 0.5) is 5.69 Å². The van der Waals surface area contributed by atoms with Gasteiger partial charge in [0.05, 0.1) is 12.1 Å². The number of nitrogens with zero attached hydrogens (tertiary/aromatic N) is 5. The zero-order valence-corrected chi connectivity index (χ0v) is 19.0. The number of amides is 1. The van der Waals surface area contributed by atoms with Crippen LogP contribution < -0.4 is 4.90 Å². The van der Waals surface area contributed by atoms with E-state index in [1.54, 1.807) is 0 Å². The molecule has 1 amide bonds. The average Bonchev–Trinajstić information content (AvgIpc) is 3.28. The minimum Gasteiger partial charge on any atom is -0.371 e. The first-order valence-electron chi connectivity index (χ1n) is 11.6. The van der Waals surface area contributed by atoms with E-state index in [4.69, 9.17) is 0 Å². The minimum absolute atomic E-state index is 0.0289. The topological polar surface area (TPSA) is 54.3 Å². The van der Waals surface area contributed by atoms with Crippen molar-refractivity contribution in [3.8, 4) is 0 Å². The average molecular weight is 440 g/mol. The zero-order chi connectivity index (χ0) is 22.6. The highest BCUT2D eigenvalue weighted by Crippen LogP contribution is 2.25. The molecule has 0 bridgehead atoms. The first kappa shape index (κ1) is 21.2. The molecule has 0 spiro atoms. The van der Waals surface area contributed by atoms with Gasteiger partial charge in [0.1, 0.15) is 5.52 Å².